The van der Waals surface area contributed by atoms with Crippen molar-refractivity contribution >= 4 is 11.9 Å². The van der Waals surface area contributed by atoms with Crippen molar-refractivity contribution in [3.63, 3.8) is 0 Å². The minimum Gasteiger partial charge on any atom is -0.485 e. The van der Waals surface area contributed by atoms with E-state index in [1.54, 1.807) is 25.1 Å². The summed E-state index contributed by atoms with van der Waals surface area (Å²) in [6.45, 7) is 2.25. The van der Waals surface area contributed by atoms with Crippen molar-refractivity contribution in [2.24, 2.45) is 0 Å². The summed E-state index contributed by atoms with van der Waals surface area (Å²) in [5, 5.41) is 17.3. The number of nitrogens with one attached hydrogen (secondary N) is 1. The number of hydrogen-bond acceptors (Lipinski definition) is 5. The quantitative estimate of drug-likeness (QED) is 0.355. The Morgan fingerprint density at radius 1 is 0.871 bits per heavy atom. The third kappa shape index (κ3) is 6.60. The van der Waals surface area contributed by atoms with Crippen LogP contribution in [0.3, 0.4) is 0 Å². The van der Waals surface area contributed by atoms with Crippen LogP contribution in [0.1, 0.15) is 30.0 Å². The maximum absolute atomic E-state index is 10.9. The number of carboxylic acid groups (broad SMARTS) is 1. The van der Waals surface area contributed by atoms with Gasteiger partial charge in [0.05, 0.1) is 12.0 Å². The Morgan fingerprint density at radius 2 is 1.45 bits per heavy atom. The van der Waals surface area contributed by atoms with Gasteiger partial charge in [-0.25, -0.2) is 0 Å². The van der Waals surface area contributed by atoms with E-state index in [0.717, 1.165) is 11.1 Å². The molecule has 31 heavy (non-hydrogen) atoms. The Morgan fingerprint density at radius 3 is 2.03 bits per heavy atom. The van der Waals surface area contributed by atoms with Crippen molar-refractivity contribution in [3.8, 4) is 11.5 Å². The van der Waals surface area contributed by atoms with Gasteiger partial charge in [0.2, 0.25) is 5.90 Å². The Bertz CT molecular complexity index is 1000. The van der Waals surface area contributed by atoms with Crippen molar-refractivity contribution in [3.05, 3.63) is 95.6 Å². The van der Waals surface area contributed by atoms with E-state index in [-0.39, 0.29) is 18.9 Å². The number of rotatable bonds is 10. The van der Waals surface area contributed by atoms with Crippen LogP contribution in [0.15, 0.2) is 78.9 Å². The van der Waals surface area contributed by atoms with E-state index in [1.165, 1.54) is 0 Å². The minimum absolute atomic E-state index is 0.165. The molecule has 0 aliphatic rings. The van der Waals surface area contributed by atoms with Gasteiger partial charge in [0.15, 0.2) is 11.5 Å². The molecule has 1 atom stereocenters. The van der Waals surface area contributed by atoms with Crippen molar-refractivity contribution in [2.45, 2.75) is 32.7 Å². The summed E-state index contributed by atoms with van der Waals surface area (Å²) in [6.07, 6.45) is -0.854. The summed E-state index contributed by atoms with van der Waals surface area (Å²) in [6, 6.07) is 24.7. The molecule has 3 aromatic rings. The highest BCUT2D eigenvalue weighted by atomic mass is 16.5. The first-order valence-corrected chi connectivity index (χ1v) is 9.96. The van der Waals surface area contributed by atoms with Crippen LogP contribution in [0.2, 0.25) is 0 Å². The summed E-state index contributed by atoms with van der Waals surface area (Å²) in [5.41, 5.74) is 2.38. The van der Waals surface area contributed by atoms with E-state index in [9.17, 15) is 4.79 Å². The van der Waals surface area contributed by atoms with Gasteiger partial charge in [0, 0.05) is 0 Å². The topological polar surface area (TPSA) is 88.8 Å². The van der Waals surface area contributed by atoms with Crippen LogP contribution in [0.5, 0.6) is 11.5 Å². The molecule has 0 aromatic heterocycles. The number of benzene rings is 3. The van der Waals surface area contributed by atoms with Gasteiger partial charge in [-0.1, -0.05) is 66.7 Å². The van der Waals surface area contributed by atoms with Crippen LogP contribution in [-0.2, 0) is 22.7 Å². The van der Waals surface area contributed by atoms with E-state index in [1.807, 2.05) is 60.7 Å². The average molecular weight is 419 g/mol. The number of para-hydroxylation sites is 1. The largest absolute Gasteiger partial charge is 0.485 e. The van der Waals surface area contributed by atoms with Gasteiger partial charge in [0.1, 0.15) is 19.3 Å². The average Bonchev–Trinajstić information content (AvgIpc) is 2.77. The Hall–Kier alpha value is -3.80. The molecule has 0 amide bonds. The summed E-state index contributed by atoms with van der Waals surface area (Å²) in [5.74, 6) is -0.283. The molecule has 6 heteroatoms. The van der Waals surface area contributed by atoms with E-state index >= 15 is 0 Å². The lowest BCUT2D eigenvalue weighted by atomic mass is 10.1. The molecule has 0 fully saturated rings. The minimum atomic E-state index is -0.985. The zero-order valence-electron chi connectivity index (χ0n) is 17.3. The highest BCUT2D eigenvalue weighted by molar-refractivity contribution is 5.95. The number of hydrogen-bond donors (Lipinski definition) is 2. The Balaban J connectivity index is 1.83. The van der Waals surface area contributed by atoms with Crippen LogP contribution in [0.4, 0.5) is 0 Å². The van der Waals surface area contributed by atoms with E-state index < -0.39 is 12.1 Å². The molecule has 3 rings (SSSR count). The molecule has 0 saturated heterocycles. The molecule has 0 aliphatic carbocycles. The Labute approximate surface area is 181 Å². The van der Waals surface area contributed by atoms with Crippen molar-refractivity contribution in [2.75, 3.05) is 0 Å². The number of carbonyl (C=O) groups is 1. The molecule has 0 saturated carbocycles. The fourth-order valence-electron chi connectivity index (χ4n) is 2.97. The van der Waals surface area contributed by atoms with Gasteiger partial charge in [-0.3, -0.25) is 10.2 Å². The predicted molar refractivity (Wildman–Crippen MR) is 118 cm³/mol. The first-order valence-electron chi connectivity index (χ1n) is 9.96. The molecule has 0 bridgehead atoms. The molecule has 0 unspecified atom stereocenters. The lowest BCUT2D eigenvalue weighted by molar-refractivity contribution is -0.138. The van der Waals surface area contributed by atoms with Gasteiger partial charge < -0.3 is 19.3 Å². The molecule has 2 N–H and O–H groups in total. The molecular formula is C25H25NO5. The van der Waals surface area contributed by atoms with Gasteiger partial charge in [-0.05, 0) is 30.2 Å². The summed E-state index contributed by atoms with van der Waals surface area (Å²) >= 11 is 0. The Kier molecular flexibility index (Phi) is 7.65. The number of carboxylic acids is 1. The SMILES string of the molecule is C[C@H](CC(=O)O)OC(=N)c1cccc(OCc2ccccc2)c1OCc1ccccc1. The lowest BCUT2D eigenvalue weighted by Crippen LogP contribution is -2.19. The van der Waals surface area contributed by atoms with Crippen LogP contribution >= 0.6 is 0 Å². The second-order valence-corrected chi connectivity index (χ2v) is 7.04. The number of aliphatic carboxylic acids is 1. The molecule has 6 nitrogen and oxygen atoms in total. The third-order valence-corrected chi connectivity index (χ3v) is 4.47. The first-order chi connectivity index (χ1) is 15.0. The van der Waals surface area contributed by atoms with Crippen molar-refractivity contribution in [1.82, 2.24) is 0 Å². The second kappa shape index (κ2) is 10.8. The molecule has 3 aromatic carbocycles. The summed E-state index contributed by atoms with van der Waals surface area (Å²) in [4.78, 5) is 10.9. The standard InChI is InChI=1S/C25H25NO5/c1-18(15-23(27)28)31-25(26)21-13-8-14-22(29-16-19-9-4-2-5-10-19)24(21)30-17-20-11-6-3-7-12-20/h2-14,18,26H,15-17H2,1H3,(H,27,28)/t18-/m1/s1. The monoisotopic (exact) mass is 419 g/mol. The van der Waals surface area contributed by atoms with Crippen LogP contribution in [-0.4, -0.2) is 23.1 Å². The van der Waals surface area contributed by atoms with Gasteiger partial charge in [0.25, 0.3) is 0 Å². The van der Waals surface area contributed by atoms with Crippen LogP contribution < -0.4 is 9.47 Å². The van der Waals surface area contributed by atoms with Gasteiger partial charge in [-0.15, -0.1) is 0 Å². The third-order valence-electron chi connectivity index (χ3n) is 4.47. The zero-order chi connectivity index (χ0) is 22.1. The normalized spacial score (nSPS) is 11.4. The maximum atomic E-state index is 10.9. The molecule has 160 valence electrons. The van der Waals surface area contributed by atoms with Gasteiger partial charge in [-0.2, -0.15) is 0 Å². The lowest BCUT2D eigenvalue weighted by Gasteiger charge is -2.19. The summed E-state index contributed by atoms with van der Waals surface area (Å²) < 4.78 is 17.6. The van der Waals surface area contributed by atoms with Crippen LogP contribution in [0, 0.1) is 5.41 Å². The zero-order valence-corrected chi connectivity index (χ0v) is 17.3. The fourth-order valence-corrected chi connectivity index (χ4v) is 2.97. The van der Waals surface area contributed by atoms with E-state index in [2.05, 4.69) is 0 Å². The summed E-state index contributed by atoms with van der Waals surface area (Å²) in [7, 11) is 0. The maximum Gasteiger partial charge on any atom is 0.307 e. The highest BCUT2D eigenvalue weighted by Gasteiger charge is 2.19. The van der Waals surface area contributed by atoms with Crippen molar-refractivity contribution < 1.29 is 24.1 Å². The van der Waals surface area contributed by atoms with Crippen molar-refractivity contribution in [1.29, 1.82) is 5.41 Å². The first kappa shape index (κ1) is 21.9. The molecule has 0 aliphatic heterocycles. The molecule has 0 spiro atoms. The highest BCUT2D eigenvalue weighted by Crippen LogP contribution is 2.33. The smallest absolute Gasteiger partial charge is 0.307 e. The van der Waals surface area contributed by atoms with E-state index in [0.29, 0.717) is 23.7 Å². The van der Waals surface area contributed by atoms with E-state index in [4.69, 9.17) is 24.7 Å². The fraction of sp³-hybridized carbons (Fsp3) is 0.200. The molecule has 0 heterocycles. The molecular weight excluding hydrogens is 394 g/mol. The predicted octanol–water partition coefficient (Wildman–Crippen LogP) is 5.05. The second-order valence-electron chi connectivity index (χ2n) is 7.04. The molecule has 0 radical (unpaired) electrons. The van der Waals surface area contributed by atoms with Crippen LogP contribution in [0.25, 0.3) is 0 Å². The van der Waals surface area contributed by atoms with Gasteiger partial charge >= 0.3 is 5.97 Å². The number of ether oxygens (including phenoxy) is 3.